The average molecular weight is 360 g/mol. The quantitative estimate of drug-likeness (QED) is 0.715. The van der Waals surface area contributed by atoms with Crippen molar-refractivity contribution in [3.63, 3.8) is 0 Å². The number of hydrogen-bond donors (Lipinski definition) is 0. The minimum atomic E-state index is -0.440. The first-order chi connectivity index (χ1) is 12.2. The summed E-state index contributed by atoms with van der Waals surface area (Å²) in [5, 5.41) is 6.20. The third-order valence-electron chi connectivity index (χ3n) is 4.24. The highest BCUT2D eigenvalue weighted by Crippen LogP contribution is 2.21. The van der Waals surface area contributed by atoms with Crippen LogP contribution >= 0.6 is 11.3 Å². The standard InChI is InChI=1S/C17H17FN4O2S/c18-13-3-5-14(6-4-13)21-9-7-20(8-10-21)12-22-17(23)24-16(19-22)15-2-1-11-25-15/h1-6,11H,7-10,12H2. The zero-order valence-corrected chi connectivity index (χ0v) is 14.3. The molecule has 0 aliphatic carbocycles. The van der Waals surface area contributed by atoms with Crippen molar-refractivity contribution in [2.75, 3.05) is 31.1 Å². The van der Waals surface area contributed by atoms with Gasteiger partial charge in [0, 0.05) is 31.9 Å². The number of thiophene rings is 1. The van der Waals surface area contributed by atoms with Crippen molar-refractivity contribution in [3.8, 4) is 10.8 Å². The number of anilines is 1. The number of aromatic nitrogens is 2. The molecule has 0 saturated carbocycles. The molecule has 0 bridgehead atoms. The Labute approximate surface area is 147 Å². The van der Waals surface area contributed by atoms with Gasteiger partial charge in [-0.15, -0.1) is 16.4 Å². The Morgan fingerprint density at radius 1 is 1.12 bits per heavy atom. The lowest BCUT2D eigenvalue weighted by molar-refractivity contribution is 0.189. The van der Waals surface area contributed by atoms with E-state index in [9.17, 15) is 9.18 Å². The van der Waals surface area contributed by atoms with Crippen molar-refractivity contribution in [2.24, 2.45) is 0 Å². The Hall–Kier alpha value is -2.45. The van der Waals surface area contributed by atoms with Crippen LogP contribution in [0.5, 0.6) is 0 Å². The highest BCUT2D eigenvalue weighted by molar-refractivity contribution is 7.13. The summed E-state index contributed by atoms with van der Waals surface area (Å²) < 4.78 is 19.6. The summed E-state index contributed by atoms with van der Waals surface area (Å²) in [6.45, 7) is 3.63. The van der Waals surface area contributed by atoms with Crippen LogP contribution in [-0.2, 0) is 6.67 Å². The van der Waals surface area contributed by atoms with E-state index < -0.39 is 5.76 Å². The van der Waals surface area contributed by atoms with Crippen LogP contribution < -0.4 is 10.7 Å². The van der Waals surface area contributed by atoms with E-state index in [0.717, 1.165) is 36.7 Å². The second-order valence-electron chi connectivity index (χ2n) is 5.87. The molecular weight excluding hydrogens is 343 g/mol. The summed E-state index contributed by atoms with van der Waals surface area (Å²) in [5.41, 5.74) is 1.01. The Kier molecular flexibility index (Phi) is 4.37. The lowest BCUT2D eigenvalue weighted by Gasteiger charge is -2.35. The molecule has 2 aromatic heterocycles. The molecule has 130 valence electrons. The molecule has 8 heteroatoms. The normalized spacial score (nSPS) is 15.6. The van der Waals surface area contributed by atoms with Gasteiger partial charge in [0.25, 0.3) is 5.89 Å². The number of halogens is 1. The van der Waals surface area contributed by atoms with E-state index in [1.165, 1.54) is 28.2 Å². The van der Waals surface area contributed by atoms with Gasteiger partial charge in [0.2, 0.25) is 0 Å². The van der Waals surface area contributed by atoms with Crippen LogP contribution in [0.15, 0.2) is 51.0 Å². The molecule has 25 heavy (non-hydrogen) atoms. The van der Waals surface area contributed by atoms with Gasteiger partial charge in [-0.25, -0.2) is 9.18 Å². The Bertz CT molecular complexity index is 880. The van der Waals surface area contributed by atoms with E-state index in [-0.39, 0.29) is 5.82 Å². The molecular formula is C17H17FN4O2S. The SMILES string of the molecule is O=c1oc(-c2cccs2)nn1CN1CCN(c2ccc(F)cc2)CC1. The van der Waals surface area contributed by atoms with Crippen molar-refractivity contribution < 1.29 is 8.81 Å². The second-order valence-corrected chi connectivity index (χ2v) is 6.82. The van der Waals surface area contributed by atoms with E-state index in [1.54, 1.807) is 12.1 Å². The Morgan fingerprint density at radius 2 is 1.88 bits per heavy atom. The van der Waals surface area contributed by atoms with Gasteiger partial charge in [-0.3, -0.25) is 4.90 Å². The molecule has 1 aliphatic rings. The maximum absolute atomic E-state index is 13.0. The maximum Gasteiger partial charge on any atom is 0.438 e. The van der Waals surface area contributed by atoms with Crippen LogP contribution in [-0.4, -0.2) is 40.9 Å². The van der Waals surface area contributed by atoms with E-state index >= 15 is 0 Å². The molecule has 0 spiro atoms. The molecule has 0 atom stereocenters. The third kappa shape index (κ3) is 3.49. The molecule has 4 rings (SSSR count). The molecule has 1 saturated heterocycles. The topological polar surface area (TPSA) is 54.5 Å². The van der Waals surface area contributed by atoms with Crippen LogP contribution in [0.2, 0.25) is 0 Å². The number of piperazine rings is 1. The van der Waals surface area contributed by atoms with Crippen LogP contribution in [0.4, 0.5) is 10.1 Å². The number of hydrogen-bond acceptors (Lipinski definition) is 6. The predicted octanol–water partition coefficient (Wildman–Crippen LogP) is 2.48. The van der Waals surface area contributed by atoms with Gasteiger partial charge in [-0.05, 0) is 35.7 Å². The minimum absolute atomic E-state index is 0.227. The van der Waals surface area contributed by atoms with Crippen LogP contribution in [0.25, 0.3) is 10.8 Å². The van der Waals surface area contributed by atoms with E-state index in [4.69, 9.17) is 4.42 Å². The fourth-order valence-corrected chi connectivity index (χ4v) is 3.53. The summed E-state index contributed by atoms with van der Waals surface area (Å²) in [6, 6.07) is 10.3. The summed E-state index contributed by atoms with van der Waals surface area (Å²) in [7, 11) is 0. The van der Waals surface area contributed by atoms with Crippen molar-refractivity contribution in [1.29, 1.82) is 0 Å². The van der Waals surface area contributed by atoms with Crippen molar-refractivity contribution >= 4 is 17.0 Å². The molecule has 6 nitrogen and oxygen atoms in total. The molecule has 0 N–H and O–H groups in total. The van der Waals surface area contributed by atoms with Crippen LogP contribution in [0.1, 0.15) is 0 Å². The molecule has 1 fully saturated rings. The van der Waals surface area contributed by atoms with Gasteiger partial charge < -0.3 is 9.32 Å². The summed E-state index contributed by atoms with van der Waals surface area (Å²) in [6.07, 6.45) is 0. The molecule has 1 aromatic carbocycles. The zero-order chi connectivity index (χ0) is 17.2. The molecule has 0 radical (unpaired) electrons. The number of benzene rings is 1. The molecule has 3 heterocycles. The Morgan fingerprint density at radius 3 is 2.56 bits per heavy atom. The first-order valence-electron chi connectivity index (χ1n) is 8.04. The van der Waals surface area contributed by atoms with Crippen LogP contribution in [0.3, 0.4) is 0 Å². The van der Waals surface area contributed by atoms with Crippen molar-refractivity contribution in [3.05, 3.63) is 58.1 Å². The molecule has 1 aliphatic heterocycles. The summed E-state index contributed by atoms with van der Waals surface area (Å²) in [4.78, 5) is 17.2. The lowest BCUT2D eigenvalue weighted by atomic mass is 10.2. The molecule has 0 amide bonds. The number of nitrogens with zero attached hydrogens (tertiary/aromatic N) is 4. The van der Waals surface area contributed by atoms with Gasteiger partial charge in [-0.1, -0.05) is 6.07 Å². The van der Waals surface area contributed by atoms with E-state index in [0.29, 0.717) is 12.6 Å². The van der Waals surface area contributed by atoms with Gasteiger partial charge in [-0.2, -0.15) is 4.68 Å². The van der Waals surface area contributed by atoms with E-state index in [1.807, 2.05) is 17.5 Å². The first-order valence-corrected chi connectivity index (χ1v) is 8.92. The van der Waals surface area contributed by atoms with E-state index in [2.05, 4.69) is 14.9 Å². The monoisotopic (exact) mass is 360 g/mol. The van der Waals surface area contributed by atoms with Crippen LogP contribution in [0, 0.1) is 5.82 Å². The Balaban J connectivity index is 1.39. The molecule has 0 unspecified atom stereocenters. The highest BCUT2D eigenvalue weighted by Gasteiger charge is 2.19. The van der Waals surface area contributed by atoms with Gasteiger partial charge in [0.05, 0.1) is 4.88 Å². The van der Waals surface area contributed by atoms with Crippen molar-refractivity contribution in [1.82, 2.24) is 14.7 Å². The fourth-order valence-electron chi connectivity index (χ4n) is 2.88. The first kappa shape index (κ1) is 16.0. The number of rotatable bonds is 4. The predicted molar refractivity (Wildman–Crippen MR) is 94.3 cm³/mol. The highest BCUT2D eigenvalue weighted by atomic mass is 32.1. The smallest absolute Gasteiger partial charge is 0.387 e. The summed E-state index contributed by atoms with van der Waals surface area (Å²) in [5.74, 6) is -0.302. The van der Waals surface area contributed by atoms with Gasteiger partial charge in [0.15, 0.2) is 0 Å². The average Bonchev–Trinajstić information content (AvgIpc) is 3.27. The van der Waals surface area contributed by atoms with Crippen molar-refractivity contribution in [2.45, 2.75) is 6.67 Å². The largest absolute Gasteiger partial charge is 0.438 e. The second kappa shape index (κ2) is 6.81. The summed E-state index contributed by atoms with van der Waals surface area (Å²) >= 11 is 1.49. The van der Waals surface area contributed by atoms with Gasteiger partial charge in [0.1, 0.15) is 12.5 Å². The minimum Gasteiger partial charge on any atom is -0.387 e. The maximum atomic E-state index is 13.0. The lowest BCUT2D eigenvalue weighted by Crippen LogP contribution is -2.47. The fraction of sp³-hybridized carbons (Fsp3) is 0.294. The zero-order valence-electron chi connectivity index (χ0n) is 13.5. The van der Waals surface area contributed by atoms with Gasteiger partial charge >= 0.3 is 5.76 Å². The molecule has 3 aromatic rings. The third-order valence-corrected chi connectivity index (χ3v) is 5.09.